The maximum Gasteiger partial charge on any atom is 0.00890 e. The van der Waals surface area contributed by atoms with Crippen molar-refractivity contribution in [2.75, 3.05) is 0 Å². The zero-order chi connectivity index (χ0) is 10.8. The summed E-state index contributed by atoms with van der Waals surface area (Å²) in [5.74, 6) is 2.66. The van der Waals surface area contributed by atoms with Crippen LogP contribution < -0.4 is 0 Å². The third kappa shape index (κ3) is 9.13. The third-order valence-electron chi connectivity index (χ3n) is 2.11. The van der Waals surface area contributed by atoms with E-state index in [2.05, 4.69) is 38.8 Å². The highest BCUT2D eigenvalue weighted by atomic mass is 13.9. The van der Waals surface area contributed by atoms with Gasteiger partial charge >= 0.3 is 0 Å². The lowest BCUT2D eigenvalue weighted by molar-refractivity contribution is 0.863. The maximum absolute atomic E-state index is 5.18. The van der Waals surface area contributed by atoms with Crippen LogP contribution in [0.15, 0.2) is 23.3 Å². The minimum atomic E-state index is 0.901. The van der Waals surface area contributed by atoms with Gasteiger partial charge in [-0.15, -0.1) is 12.3 Å². The second-order valence-corrected chi connectivity index (χ2v) is 3.97. The monoisotopic (exact) mass is 190 g/mol. The summed E-state index contributed by atoms with van der Waals surface area (Å²) in [5.41, 5.74) is 2.89. The molecule has 0 heterocycles. The van der Waals surface area contributed by atoms with Gasteiger partial charge in [-0.1, -0.05) is 23.3 Å². The molecule has 0 unspecified atom stereocenters. The molecule has 14 heavy (non-hydrogen) atoms. The lowest BCUT2D eigenvalue weighted by atomic mass is 10.1. The predicted octanol–water partition coefficient (Wildman–Crippen LogP) is 4.48. The third-order valence-corrected chi connectivity index (χ3v) is 2.11. The molecule has 0 saturated heterocycles. The van der Waals surface area contributed by atoms with Gasteiger partial charge in [0, 0.05) is 6.42 Å². The van der Waals surface area contributed by atoms with E-state index in [0.29, 0.717) is 0 Å². The molecule has 0 radical (unpaired) electrons. The Morgan fingerprint density at radius 1 is 1.14 bits per heavy atom. The highest BCUT2D eigenvalue weighted by Gasteiger charge is 1.88. The van der Waals surface area contributed by atoms with Gasteiger partial charge in [0.1, 0.15) is 0 Å². The Labute approximate surface area is 89.1 Å². The van der Waals surface area contributed by atoms with Crippen LogP contribution in [-0.2, 0) is 0 Å². The molecule has 0 aromatic carbocycles. The smallest absolute Gasteiger partial charge is 0.00890 e. The molecule has 0 aliphatic carbocycles. The van der Waals surface area contributed by atoms with E-state index in [9.17, 15) is 0 Å². The van der Waals surface area contributed by atoms with E-state index >= 15 is 0 Å². The molecule has 0 saturated carbocycles. The average molecular weight is 190 g/mol. The highest BCUT2D eigenvalue weighted by molar-refractivity contribution is 5.02. The van der Waals surface area contributed by atoms with Crippen molar-refractivity contribution >= 4 is 0 Å². The van der Waals surface area contributed by atoms with Crippen LogP contribution in [0.4, 0.5) is 0 Å². The molecule has 0 bridgehead atoms. The fraction of sp³-hybridized carbons (Fsp3) is 0.571. The summed E-state index contributed by atoms with van der Waals surface area (Å²) in [7, 11) is 0. The number of hydrogen-bond donors (Lipinski definition) is 0. The Bertz CT molecular complexity index is 231. The van der Waals surface area contributed by atoms with Crippen molar-refractivity contribution in [2.24, 2.45) is 0 Å². The fourth-order valence-corrected chi connectivity index (χ4v) is 1.24. The summed E-state index contributed by atoms with van der Waals surface area (Å²) in [6.07, 6.45) is 15.3. The van der Waals surface area contributed by atoms with Gasteiger partial charge in [-0.2, -0.15) is 0 Å². The quantitative estimate of drug-likeness (QED) is 0.329. The number of terminal acetylenes is 1. The maximum atomic E-state index is 5.18. The number of hydrogen-bond acceptors (Lipinski definition) is 0. The van der Waals surface area contributed by atoms with Crippen molar-refractivity contribution in [2.45, 2.75) is 52.9 Å². The second-order valence-electron chi connectivity index (χ2n) is 3.97. The molecular weight excluding hydrogens is 168 g/mol. The Morgan fingerprint density at radius 2 is 1.86 bits per heavy atom. The summed E-state index contributed by atoms with van der Waals surface area (Å²) in [5, 5.41) is 0. The van der Waals surface area contributed by atoms with Crippen LogP contribution >= 0.6 is 0 Å². The predicted molar refractivity (Wildman–Crippen MR) is 65.1 cm³/mol. The molecule has 0 rings (SSSR count). The Balaban J connectivity index is 3.58. The summed E-state index contributed by atoms with van der Waals surface area (Å²) >= 11 is 0. The van der Waals surface area contributed by atoms with Gasteiger partial charge in [0.05, 0.1) is 0 Å². The van der Waals surface area contributed by atoms with Crippen molar-refractivity contribution in [1.29, 1.82) is 0 Å². The van der Waals surface area contributed by atoms with Gasteiger partial charge in [0.2, 0.25) is 0 Å². The lowest BCUT2D eigenvalue weighted by Crippen LogP contribution is -1.78. The van der Waals surface area contributed by atoms with E-state index in [1.807, 2.05) is 0 Å². The van der Waals surface area contributed by atoms with E-state index < -0.39 is 0 Å². The van der Waals surface area contributed by atoms with Crippen molar-refractivity contribution in [3.8, 4) is 12.3 Å². The van der Waals surface area contributed by atoms with Crippen LogP contribution in [0.25, 0.3) is 0 Å². The van der Waals surface area contributed by atoms with Crippen molar-refractivity contribution in [1.82, 2.24) is 0 Å². The first-order valence-electron chi connectivity index (χ1n) is 5.39. The zero-order valence-corrected chi connectivity index (χ0v) is 9.77. The summed E-state index contributed by atoms with van der Waals surface area (Å²) in [6.45, 7) is 6.49. The van der Waals surface area contributed by atoms with E-state index in [1.165, 1.54) is 24.0 Å². The van der Waals surface area contributed by atoms with Gasteiger partial charge in [-0.05, 0) is 46.5 Å². The first kappa shape index (κ1) is 13.0. The topological polar surface area (TPSA) is 0 Å². The first-order chi connectivity index (χ1) is 6.66. The molecule has 78 valence electrons. The Kier molecular flexibility index (Phi) is 8.04. The molecule has 0 aromatic heterocycles. The molecule has 0 aromatic rings. The molecule has 0 amide bonds. The van der Waals surface area contributed by atoms with Crippen LogP contribution in [0.3, 0.4) is 0 Å². The second kappa shape index (κ2) is 8.63. The van der Waals surface area contributed by atoms with Crippen molar-refractivity contribution < 1.29 is 0 Å². The van der Waals surface area contributed by atoms with E-state index in [4.69, 9.17) is 6.42 Å². The SMILES string of the molecule is C#CCCC/C=C(\C)CCC=C(C)C. The summed E-state index contributed by atoms with van der Waals surface area (Å²) in [6, 6.07) is 0. The van der Waals surface area contributed by atoms with Gasteiger partial charge < -0.3 is 0 Å². The minimum Gasteiger partial charge on any atom is -0.120 e. The van der Waals surface area contributed by atoms with E-state index in [1.54, 1.807) is 0 Å². The van der Waals surface area contributed by atoms with E-state index in [0.717, 1.165) is 19.3 Å². The Morgan fingerprint density at radius 3 is 2.43 bits per heavy atom. The summed E-state index contributed by atoms with van der Waals surface area (Å²) < 4.78 is 0. The van der Waals surface area contributed by atoms with Crippen LogP contribution in [0.2, 0.25) is 0 Å². The van der Waals surface area contributed by atoms with Gasteiger partial charge in [0.25, 0.3) is 0 Å². The molecule has 0 fully saturated rings. The Hall–Kier alpha value is -0.960. The molecule has 0 spiro atoms. The molecule has 0 heteroatoms. The number of allylic oxidation sites excluding steroid dienone is 4. The van der Waals surface area contributed by atoms with Gasteiger partial charge in [0.15, 0.2) is 0 Å². The molecule has 0 aliphatic rings. The van der Waals surface area contributed by atoms with Crippen LogP contribution in [0.5, 0.6) is 0 Å². The van der Waals surface area contributed by atoms with Gasteiger partial charge in [-0.3, -0.25) is 0 Å². The van der Waals surface area contributed by atoms with Crippen LogP contribution in [0.1, 0.15) is 52.9 Å². The lowest BCUT2D eigenvalue weighted by Gasteiger charge is -1.98. The molecule has 0 atom stereocenters. The average Bonchev–Trinajstić information content (AvgIpc) is 2.12. The van der Waals surface area contributed by atoms with Crippen LogP contribution in [-0.4, -0.2) is 0 Å². The fourth-order valence-electron chi connectivity index (χ4n) is 1.24. The van der Waals surface area contributed by atoms with Crippen molar-refractivity contribution in [3.63, 3.8) is 0 Å². The summed E-state index contributed by atoms with van der Waals surface area (Å²) in [4.78, 5) is 0. The molecular formula is C14H22. The first-order valence-corrected chi connectivity index (χ1v) is 5.39. The molecule has 0 aliphatic heterocycles. The largest absolute Gasteiger partial charge is 0.120 e. The normalized spacial score (nSPS) is 10.9. The van der Waals surface area contributed by atoms with Crippen LogP contribution in [0, 0.1) is 12.3 Å². The zero-order valence-electron chi connectivity index (χ0n) is 9.77. The van der Waals surface area contributed by atoms with Crippen molar-refractivity contribution in [3.05, 3.63) is 23.3 Å². The molecule has 0 N–H and O–H groups in total. The standard InChI is InChI=1S/C14H22/c1-5-6-7-8-11-14(4)12-9-10-13(2)3/h1,10-11H,6-9,12H2,2-4H3/b14-11+. The van der Waals surface area contributed by atoms with Gasteiger partial charge in [-0.25, -0.2) is 0 Å². The molecule has 0 nitrogen and oxygen atoms in total. The highest BCUT2D eigenvalue weighted by Crippen LogP contribution is 2.08. The van der Waals surface area contributed by atoms with E-state index in [-0.39, 0.29) is 0 Å². The number of rotatable bonds is 6. The number of unbranched alkanes of at least 4 members (excludes halogenated alkanes) is 2. The minimum absolute atomic E-state index is 0.901.